The average molecular weight is 432 g/mol. The third-order valence-electron chi connectivity index (χ3n) is 6.10. The van der Waals surface area contributed by atoms with Gasteiger partial charge in [0.25, 0.3) is 0 Å². The number of nitrogens with one attached hydrogen (secondary N) is 1. The zero-order chi connectivity index (χ0) is 20.2. The van der Waals surface area contributed by atoms with E-state index < -0.39 is 0 Å². The number of benzene rings is 2. The quantitative estimate of drug-likeness (QED) is 0.704. The molecule has 1 saturated heterocycles. The molecule has 2 amide bonds. The summed E-state index contributed by atoms with van der Waals surface area (Å²) >= 11 is 12.2. The molecule has 0 aromatic heterocycles. The van der Waals surface area contributed by atoms with Crippen LogP contribution in [0.4, 0.5) is 4.79 Å². The second-order valence-electron chi connectivity index (χ2n) is 8.01. The Labute approximate surface area is 182 Å². The standard InChI is InChI=1S/C23H27Cl2N3O/c24-20-8-4-18(5-9-20)22(19-6-10-21(25)11-7-19)27-12-14-28(15-13-27)23(29)26-16-17-2-1-3-17/h4-11,17,22H,1-3,12-16H2,(H,26,29). The molecule has 0 spiro atoms. The van der Waals surface area contributed by atoms with Gasteiger partial charge in [0.2, 0.25) is 0 Å². The summed E-state index contributed by atoms with van der Waals surface area (Å²) in [4.78, 5) is 16.9. The fraction of sp³-hybridized carbons (Fsp3) is 0.435. The van der Waals surface area contributed by atoms with E-state index in [2.05, 4.69) is 34.5 Å². The van der Waals surface area contributed by atoms with Crippen molar-refractivity contribution in [1.29, 1.82) is 0 Å². The van der Waals surface area contributed by atoms with E-state index in [4.69, 9.17) is 23.2 Å². The van der Waals surface area contributed by atoms with Gasteiger partial charge in [-0.15, -0.1) is 0 Å². The van der Waals surface area contributed by atoms with Crippen molar-refractivity contribution in [3.05, 3.63) is 69.7 Å². The Morgan fingerprint density at radius 3 is 1.86 bits per heavy atom. The molecule has 1 aliphatic heterocycles. The Morgan fingerprint density at radius 2 is 1.41 bits per heavy atom. The highest BCUT2D eigenvalue weighted by atomic mass is 35.5. The molecule has 1 heterocycles. The number of rotatable bonds is 5. The van der Waals surface area contributed by atoms with Crippen LogP contribution in [0.15, 0.2) is 48.5 Å². The summed E-state index contributed by atoms with van der Waals surface area (Å²) in [6.07, 6.45) is 3.80. The molecule has 0 unspecified atom stereocenters. The van der Waals surface area contributed by atoms with Gasteiger partial charge in [-0.3, -0.25) is 4.90 Å². The molecule has 29 heavy (non-hydrogen) atoms. The lowest BCUT2D eigenvalue weighted by atomic mass is 9.85. The molecule has 1 saturated carbocycles. The van der Waals surface area contributed by atoms with Gasteiger partial charge in [0, 0.05) is 42.8 Å². The maximum absolute atomic E-state index is 12.5. The first-order valence-corrected chi connectivity index (χ1v) is 11.1. The summed E-state index contributed by atoms with van der Waals surface area (Å²) in [5.41, 5.74) is 2.39. The molecule has 1 N–H and O–H groups in total. The van der Waals surface area contributed by atoms with Crippen LogP contribution in [-0.2, 0) is 0 Å². The van der Waals surface area contributed by atoms with Gasteiger partial charge in [0.05, 0.1) is 6.04 Å². The number of carbonyl (C=O) groups excluding carboxylic acids is 1. The Kier molecular flexibility index (Phi) is 6.63. The van der Waals surface area contributed by atoms with Crippen LogP contribution >= 0.6 is 23.2 Å². The van der Waals surface area contributed by atoms with Crippen molar-refractivity contribution in [2.24, 2.45) is 5.92 Å². The SMILES string of the molecule is O=C(NCC1CCC1)N1CCN(C(c2ccc(Cl)cc2)c2ccc(Cl)cc2)CC1. The van der Waals surface area contributed by atoms with Crippen LogP contribution < -0.4 is 5.32 Å². The molecule has 0 bridgehead atoms. The largest absolute Gasteiger partial charge is 0.338 e. The van der Waals surface area contributed by atoms with E-state index in [9.17, 15) is 4.79 Å². The van der Waals surface area contributed by atoms with Crippen LogP contribution in [0, 0.1) is 5.92 Å². The van der Waals surface area contributed by atoms with Crippen molar-refractivity contribution in [3.8, 4) is 0 Å². The number of carbonyl (C=O) groups is 1. The monoisotopic (exact) mass is 431 g/mol. The lowest BCUT2D eigenvalue weighted by Gasteiger charge is -2.40. The van der Waals surface area contributed by atoms with Crippen LogP contribution in [0.1, 0.15) is 36.4 Å². The number of piperazine rings is 1. The van der Waals surface area contributed by atoms with E-state index >= 15 is 0 Å². The predicted octanol–water partition coefficient (Wildman–Crippen LogP) is 5.21. The molecule has 2 fully saturated rings. The zero-order valence-corrected chi connectivity index (χ0v) is 18.0. The van der Waals surface area contributed by atoms with Gasteiger partial charge in [-0.1, -0.05) is 53.9 Å². The maximum atomic E-state index is 12.5. The van der Waals surface area contributed by atoms with Crippen molar-refractivity contribution in [1.82, 2.24) is 15.1 Å². The first kappa shape index (κ1) is 20.5. The molecule has 4 nitrogen and oxygen atoms in total. The van der Waals surface area contributed by atoms with Crippen LogP contribution in [-0.4, -0.2) is 48.6 Å². The molecule has 2 aliphatic rings. The molecule has 2 aromatic carbocycles. The third-order valence-corrected chi connectivity index (χ3v) is 6.61. The van der Waals surface area contributed by atoms with Gasteiger partial charge in [0.15, 0.2) is 0 Å². The Balaban J connectivity index is 1.44. The molecule has 1 aliphatic carbocycles. The summed E-state index contributed by atoms with van der Waals surface area (Å²) in [5, 5.41) is 4.58. The fourth-order valence-electron chi connectivity index (χ4n) is 4.13. The first-order valence-electron chi connectivity index (χ1n) is 10.4. The van der Waals surface area contributed by atoms with Crippen LogP contribution in [0.5, 0.6) is 0 Å². The van der Waals surface area contributed by atoms with Gasteiger partial charge in [-0.2, -0.15) is 0 Å². The smallest absolute Gasteiger partial charge is 0.317 e. The van der Waals surface area contributed by atoms with E-state index in [0.717, 1.165) is 42.8 Å². The molecular weight excluding hydrogens is 405 g/mol. The molecular formula is C23H27Cl2N3O. The molecule has 4 rings (SSSR count). The van der Waals surface area contributed by atoms with Crippen LogP contribution in [0.3, 0.4) is 0 Å². The summed E-state index contributed by atoms with van der Waals surface area (Å²) in [6.45, 7) is 3.93. The van der Waals surface area contributed by atoms with Gasteiger partial charge < -0.3 is 10.2 Å². The molecule has 0 radical (unpaired) electrons. The lowest BCUT2D eigenvalue weighted by Crippen LogP contribution is -2.53. The lowest BCUT2D eigenvalue weighted by molar-refractivity contribution is 0.119. The van der Waals surface area contributed by atoms with Gasteiger partial charge >= 0.3 is 6.03 Å². The predicted molar refractivity (Wildman–Crippen MR) is 119 cm³/mol. The molecule has 0 atom stereocenters. The number of amides is 2. The van der Waals surface area contributed by atoms with Crippen LogP contribution in [0.25, 0.3) is 0 Å². The molecule has 154 valence electrons. The fourth-order valence-corrected chi connectivity index (χ4v) is 4.38. The highest BCUT2D eigenvalue weighted by Crippen LogP contribution is 2.31. The minimum absolute atomic E-state index is 0.0751. The minimum Gasteiger partial charge on any atom is -0.338 e. The normalized spacial score (nSPS) is 18.0. The molecule has 6 heteroatoms. The first-order chi connectivity index (χ1) is 14.1. The Hall–Kier alpha value is -1.75. The molecule has 2 aromatic rings. The van der Waals surface area contributed by atoms with E-state index in [1.165, 1.54) is 30.4 Å². The summed E-state index contributed by atoms with van der Waals surface area (Å²) in [6, 6.07) is 16.3. The number of urea groups is 1. The van der Waals surface area contributed by atoms with E-state index in [0.29, 0.717) is 5.92 Å². The van der Waals surface area contributed by atoms with E-state index in [1.807, 2.05) is 29.2 Å². The summed E-state index contributed by atoms with van der Waals surface area (Å²) in [7, 11) is 0. The number of hydrogen-bond donors (Lipinski definition) is 1. The highest BCUT2D eigenvalue weighted by molar-refractivity contribution is 6.30. The highest BCUT2D eigenvalue weighted by Gasteiger charge is 2.28. The average Bonchev–Trinajstić information content (AvgIpc) is 2.70. The van der Waals surface area contributed by atoms with Crippen molar-refractivity contribution in [3.63, 3.8) is 0 Å². The van der Waals surface area contributed by atoms with Gasteiger partial charge in [-0.25, -0.2) is 4.79 Å². The van der Waals surface area contributed by atoms with E-state index in [1.54, 1.807) is 0 Å². The Morgan fingerprint density at radius 1 is 0.897 bits per heavy atom. The second kappa shape index (κ2) is 9.38. The maximum Gasteiger partial charge on any atom is 0.317 e. The van der Waals surface area contributed by atoms with Crippen molar-refractivity contribution >= 4 is 29.2 Å². The number of hydrogen-bond acceptors (Lipinski definition) is 2. The minimum atomic E-state index is 0.0751. The number of nitrogens with zero attached hydrogens (tertiary/aromatic N) is 2. The van der Waals surface area contributed by atoms with Crippen molar-refractivity contribution in [2.45, 2.75) is 25.3 Å². The topological polar surface area (TPSA) is 35.6 Å². The summed E-state index contributed by atoms with van der Waals surface area (Å²) < 4.78 is 0. The third kappa shape index (κ3) is 5.06. The zero-order valence-electron chi connectivity index (χ0n) is 16.5. The van der Waals surface area contributed by atoms with E-state index in [-0.39, 0.29) is 12.1 Å². The second-order valence-corrected chi connectivity index (χ2v) is 8.88. The van der Waals surface area contributed by atoms with Crippen LogP contribution in [0.2, 0.25) is 10.0 Å². The Bertz CT molecular complexity index is 768. The van der Waals surface area contributed by atoms with Gasteiger partial charge in [-0.05, 0) is 54.2 Å². The summed E-state index contributed by atoms with van der Waals surface area (Å²) in [5.74, 6) is 0.680. The number of halogens is 2. The van der Waals surface area contributed by atoms with Crippen molar-refractivity contribution in [2.75, 3.05) is 32.7 Å². The van der Waals surface area contributed by atoms with Gasteiger partial charge in [0.1, 0.15) is 0 Å². The van der Waals surface area contributed by atoms with Crippen molar-refractivity contribution < 1.29 is 4.79 Å².